The minimum absolute atomic E-state index is 0.250. The van der Waals surface area contributed by atoms with Crippen molar-refractivity contribution < 1.29 is 9.59 Å². The number of carbonyl (C=O) groups excluding carboxylic acids is 2. The third-order valence-corrected chi connectivity index (χ3v) is 3.90. The molecule has 0 bridgehead atoms. The maximum absolute atomic E-state index is 11.8. The van der Waals surface area contributed by atoms with E-state index in [1.165, 1.54) is 11.3 Å². The molecule has 0 spiro atoms. The minimum Gasteiger partial charge on any atom is -0.350 e. The SMILES string of the molecule is C=C(Br)CNC(=O)C(C)NC(=O)c1ccc(Br)s1. The Morgan fingerprint density at radius 2 is 2.17 bits per heavy atom. The second-order valence-electron chi connectivity index (χ2n) is 3.53. The second-order valence-corrected chi connectivity index (χ2v) is 7.12. The predicted octanol–water partition coefficient (Wildman–Crippen LogP) is 2.65. The van der Waals surface area contributed by atoms with Crippen LogP contribution in [-0.2, 0) is 4.79 Å². The summed E-state index contributed by atoms with van der Waals surface area (Å²) in [4.78, 5) is 24.0. The molecule has 0 radical (unpaired) electrons. The first kappa shape index (κ1) is 15.4. The van der Waals surface area contributed by atoms with Crippen LogP contribution in [0.3, 0.4) is 0 Å². The maximum atomic E-state index is 11.8. The van der Waals surface area contributed by atoms with Crippen LogP contribution < -0.4 is 10.6 Å². The van der Waals surface area contributed by atoms with Gasteiger partial charge in [0.2, 0.25) is 5.91 Å². The van der Waals surface area contributed by atoms with Crippen molar-refractivity contribution in [2.24, 2.45) is 0 Å². The van der Waals surface area contributed by atoms with E-state index in [1.807, 2.05) is 0 Å². The van der Waals surface area contributed by atoms with E-state index in [4.69, 9.17) is 0 Å². The van der Waals surface area contributed by atoms with E-state index in [2.05, 4.69) is 49.1 Å². The topological polar surface area (TPSA) is 58.2 Å². The molecule has 1 rings (SSSR count). The summed E-state index contributed by atoms with van der Waals surface area (Å²) >= 11 is 7.74. The van der Waals surface area contributed by atoms with Crippen LogP contribution in [0.15, 0.2) is 27.0 Å². The Labute approximate surface area is 126 Å². The van der Waals surface area contributed by atoms with Gasteiger partial charge in [0.25, 0.3) is 5.91 Å². The first-order valence-corrected chi connectivity index (χ1v) is 7.47. The summed E-state index contributed by atoms with van der Waals surface area (Å²) in [6.07, 6.45) is 0. The molecule has 1 aromatic rings. The van der Waals surface area contributed by atoms with Crippen LogP contribution in [0.25, 0.3) is 0 Å². The zero-order valence-electron chi connectivity index (χ0n) is 9.63. The summed E-state index contributed by atoms with van der Waals surface area (Å²) in [7, 11) is 0. The lowest BCUT2D eigenvalue weighted by molar-refractivity contribution is -0.122. The highest BCUT2D eigenvalue weighted by atomic mass is 79.9. The molecule has 1 heterocycles. The summed E-state index contributed by atoms with van der Waals surface area (Å²) < 4.78 is 1.55. The molecule has 0 aliphatic carbocycles. The van der Waals surface area contributed by atoms with Gasteiger partial charge in [-0.2, -0.15) is 0 Å². The molecule has 1 atom stereocenters. The van der Waals surface area contributed by atoms with Crippen molar-refractivity contribution >= 4 is 55.0 Å². The fourth-order valence-electron chi connectivity index (χ4n) is 1.11. The molecule has 0 fully saturated rings. The number of carbonyl (C=O) groups is 2. The highest BCUT2D eigenvalue weighted by Crippen LogP contribution is 2.21. The van der Waals surface area contributed by atoms with Gasteiger partial charge in [-0.05, 0) is 35.0 Å². The van der Waals surface area contributed by atoms with E-state index in [-0.39, 0.29) is 11.8 Å². The lowest BCUT2D eigenvalue weighted by atomic mass is 10.3. The Morgan fingerprint density at radius 3 is 2.67 bits per heavy atom. The van der Waals surface area contributed by atoms with Gasteiger partial charge in [0.15, 0.2) is 0 Å². The lowest BCUT2D eigenvalue weighted by Gasteiger charge is -2.13. The molecule has 0 aliphatic rings. The van der Waals surface area contributed by atoms with Gasteiger partial charge in [0.05, 0.1) is 8.66 Å². The third kappa shape index (κ3) is 4.91. The molecule has 1 aromatic heterocycles. The van der Waals surface area contributed by atoms with Crippen LogP contribution in [-0.4, -0.2) is 24.4 Å². The molecule has 2 N–H and O–H groups in total. The fraction of sp³-hybridized carbons (Fsp3) is 0.273. The van der Waals surface area contributed by atoms with E-state index in [0.717, 1.165) is 3.79 Å². The lowest BCUT2D eigenvalue weighted by Crippen LogP contribution is -2.44. The Bertz CT molecular complexity index is 473. The average molecular weight is 396 g/mol. The molecular weight excluding hydrogens is 384 g/mol. The zero-order chi connectivity index (χ0) is 13.7. The molecule has 1 unspecified atom stereocenters. The van der Waals surface area contributed by atoms with Crippen LogP contribution in [0.5, 0.6) is 0 Å². The average Bonchev–Trinajstić information content (AvgIpc) is 2.72. The summed E-state index contributed by atoms with van der Waals surface area (Å²) in [5, 5.41) is 5.26. The number of hydrogen-bond acceptors (Lipinski definition) is 3. The van der Waals surface area contributed by atoms with Crippen molar-refractivity contribution in [3.8, 4) is 0 Å². The van der Waals surface area contributed by atoms with E-state index in [9.17, 15) is 9.59 Å². The standard InChI is InChI=1S/C11H12Br2N2O2S/c1-6(12)5-14-10(16)7(2)15-11(17)8-3-4-9(13)18-8/h3-4,7H,1,5H2,2H3,(H,14,16)(H,15,17). The first-order valence-electron chi connectivity index (χ1n) is 5.07. The van der Waals surface area contributed by atoms with Gasteiger partial charge < -0.3 is 10.6 Å². The van der Waals surface area contributed by atoms with Gasteiger partial charge >= 0.3 is 0 Å². The number of rotatable bonds is 5. The molecule has 18 heavy (non-hydrogen) atoms. The number of nitrogens with one attached hydrogen (secondary N) is 2. The molecule has 7 heteroatoms. The largest absolute Gasteiger partial charge is 0.350 e. The molecule has 4 nitrogen and oxygen atoms in total. The van der Waals surface area contributed by atoms with Gasteiger partial charge in [0.1, 0.15) is 6.04 Å². The van der Waals surface area contributed by atoms with Crippen molar-refractivity contribution in [3.05, 3.63) is 31.9 Å². The highest BCUT2D eigenvalue weighted by molar-refractivity contribution is 9.11. The van der Waals surface area contributed by atoms with Crippen LogP contribution in [0, 0.1) is 0 Å². The highest BCUT2D eigenvalue weighted by Gasteiger charge is 2.17. The van der Waals surface area contributed by atoms with E-state index in [0.29, 0.717) is 15.9 Å². The van der Waals surface area contributed by atoms with Crippen LogP contribution >= 0.6 is 43.2 Å². The summed E-state index contributed by atoms with van der Waals surface area (Å²) in [5.41, 5.74) is 0. The number of amides is 2. The van der Waals surface area contributed by atoms with E-state index in [1.54, 1.807) is 19.1 Å². The van der Waals surface area contributed by atoms with Crippen molar-refractivity contribution in [2.75, 3.05) is 6.54 Å². The Morgan fingerprint density at radius 1 is 1.50 bits per heavy atom. The van der Waals surface area contributed by atoms with E-state index < -0.39 is 6.04 Å². The Balaban J connectivity index is 2.49. The van der Waals surface area contributed by atoms with Gasteiger partial charge in [0, 0.05) is 11.0 Å². The smallest absolute Gasteiger partial charge is 0.262 e. The molecule has 0 saturated carbocycles. The normalized spacial score (nSPS) is 11.7. The summed E-state index contributed by atoms with van der Waals surface area (Å²) in [6, 6.07) is 2.90. The summed E-state index contributed by atoms with van der Waals surface area (Å²) in [6.45, 7) is 5.58. The van der Waals surface area contributed by atoms with Crippen LogP contribution in [0.2, 0.25) is 0 Å². The predicted molar refractivity (Wildman–Crippen MR) is 80.0 cm³/mol. The molecule has 98 valence electrons. The molecular formula is C11H12Br2N2O2S. The van der Waals surface area contributed by atoms with Gasteiger partial charge in [-0.3, -0.25) is 9.59 Å². The van der Waals surface area contributed by atoms with Crippen LogP contribution in [0.1, 0.15) is 16.6 Å². The maximum Gasteiger partial charge on any atom is 0.262 e. The first-order chi connectivity index (χ1) is 8.40. The quantitative estimate of drug-likeness (QED) is 0.805. The van der Waals surface area contributed by atoms with Gasteiger partial charge in [-0.1, -0.05) is 22.5 Å². The van der Waals surface area contributed by atoms with Crippen molar-refractivity contribution in [2.45, 2.75) is 13.0 Å². The molecule has 0 aliphatic heterocycles. The minimum atomic E-state index is -0.592. The van der Waals surface area contributed by atoms with E-state index >= 15 is 0 Å². The molecule has 0 saturated heterocycles. The van der Waals surface area contributed by atoms with Gasteiger partial charge in [-0.15, -0.1) is 11.3 Å². The van der Waals surface area contributed by atoms with Crippen molar-refractivity contribution in [1.29, 1.82) is 0 Å². The number of halogens is 2. The number of thiophene rings is 1. The zero-order valence-corrected chi connectivity index (χ0v) is 13.6. The van der Waals surface area contributed by atoms with Crippen molar-refractivity contribution in [1.82, 2.24) is 10.6 Å². The van der Waals surface area contributed by atoms with Crippen LogP contribution in [0.4, 0.5) is 0 Å². The monoisotopic (exact) mass is 394 g/mol. The third-order valence-electron chi connectivity index (χ3n) is 1.99. The number of hydrogen-bond donors (Lipinski definition) is 2. The molecule has 0 aromatic carbocycles. The summed E-state index contributed by atoms with van der Waals surface area (Å²) in [5.74, 6) is -0.509. The van der Waals surface area contributed by atoms with Crippen molar-refractivity contribution in [3.63, 3.8) is 0 Å². The fourth-order valence-corrected chi connectivity index (χ4v) is 2.54. The van der Waals surface area contributed by atoms with Gasteiger partial charge in [-0.25, -0.2) is 0 Å². The Hall–Kier alpha value is -0.660. The Kier molecular flexibility index (Phi) is 6.04. The second kappa shape index (κ2) is 7.06. The molecule has 2 amide bonds.